The van der Waals surface area contributed by atoms with Crippen molar-refractivity contribution in [3.8, 4) is 85.3 Å². The van der Waals surface area contributed by atoms with Gasteiger partial charge in [0.15, 0.2) is 11.4 Å². The quantitative estimate of drug-likeness (QED) is 0.149. The van der Waals surface area contributed by atoms with Gasteiger partial charge in [-0.05, 0) is 160 Å². The summed E-state index contributed by atoms with van der Waals surface area (Å²) in [6.07, 6.45) is 1.79. The molecule has 0 N–H and O–H groups in total. The molecular weight excluding hydrogens is 881 g/mol. The molecule has 0 radical (unpaired) electrons. The van der Waals surface area contributed by atoms with Crippen LogP contribution in [0.15, 0.2) is 206 Å². The third-order valence-corrected chi connectivity index (χ3v) is 13.4. The normalized spacial score (nSPS) is 11.0. The summed E-state index contributed by atoms with van der Waals surface area (Å²) < 4.78 is 4.48. The largest absolute Gasteiger partial charge is 0.309 e. The summed E-state index contributed by atoms with van der Waals surface area (Å²) in [5.74, 6) is 0. The SMILES string of the molecule is [C-]#[N+]c1cccc(-c2ccc3c(c2)c2cc(-c4cccc([N+]#[C-])c4)ccc2n3-c2ccc(C#N)cc2-c2ncccc2-n2c3ccc(-c4cccc(C#N)c4)cc3c3cc(-c4cccc(C#N)c4)ccc32)c1. The van der Waals surface area contributed by atoms with E-state index in [-0.39, 0.29) is 0 Å². The molecule has 0 saturated carbocycles. The molecule has 0 bridgehead atoms. The van der Waals surface area contributed by atoms with Crippen molar-refractivity contribution in [3.63, 3.8) is 0 Å². The second-order valence-electron chi connectivity index (χ2n) is 17.5. The number of nitrogens with zero attached hydrogens (tertiary/aromatic N) is 8. The molecule has 0 amide bonds. The van der Waals surface area contributed by atoms with Crippen molar-refractivity contribution in [2.75, 3.05) is 0 Å². The summed E-state index contributed by atoms with van der Waals surface area (Å²) in [6.45, 7) is 15.4. The first-order chi connectivity index (χ1) is 35.4. The lowest BCUT2D eigenvalue weighted by atomic mass is 9.99. The number of pyridine rings is 1. The molecule has 330 valence electrons. The zero-order valence-electron chi connectivity index (χ0n) is 38.2. The minimum atomic E-state index is 0.478. The Hall–Kier alpha value is -10.8. The zero-order valence-corrected chi connectivity index (χ0v) is 38.2. The second kappa shape index (κ2) is 17.4. The molecule has 3 heterocycles. The van der Waals surface area contributed by atoms with Crippen LogP contribution in [0.5, 0.6) is 0 Å². The van der Waals surface area contributed by atoms with Crippen molar-refractivity contribution in [2.24, 2.45) is 0 Å². The molecule has 0 atom stereocenters. The van der Waals surface area contributed by atoms with Crippen LogP contribution >= 0.6 is 0 Å². The number of fused-ring (bicyclic) bond motifs is 6. The van der Waals surface area contributed by atoms with Gasteiger partial charge in [-0.1, -0.05) is 84.9 Å². The van der Waals surface area contributed by atoms with E-state index in [2.05, 4.69) is 116 Å². The van der Waals surface area contributed by atoms with Crippen LogP contribution < -0.4 is 0 Å². The van der Waals surface area contributed by atoms with Crippen molar-refractivity contribution in [1.29, 1.82) is 15.8 Å². The highest BCUT2D eigenvalue weighted by atomic mass is 15.0. The molecule has 0 aliphatic heterocycles. The Balaban J connectivity index is 1.11. The number of aromatic nitrogens is 3. The van der Waals surface area contributed by atoms with E-state index in [1.165, 1.54) is 0 Å². The minimum Gasteiger partial charge on any atom is -0.309 e. The smallest absolute Gasteiger partial charge is 0.187 e. The van der Waals surface area contributed by atoms with Crippen molar-refractivity contribution in [3.05, 3.63) is 246 Å². The lowest BCUT2D eigenvalue weighted by Crippen LogP contribution is -2.03. The molecule has 0 fully saturated rings. The topological polar surface area (TPSA) is 103 Å². The lowest BCUT2D eigenvalue weighted by molar-refractivity contribution is 1.13. The molecular formula is C64H34N8. The minimum absolute atomic E-state index is 0.478. The van der Waals surface area contributed by atoms with Crippen LogP contribution in [-0.4, -0.2) is 14.1 Å². The van der Waals surface area contributed by atoms with Gasteiger partial charge >= 0.3 is 0 Å². The highest BCUT2D eigenvalue weighted by Crippen LogP contribution is 2.44. The fourth-order valence-electron chi connectivity index (χ4n) is 10.1. The van der Waals surface area contributed by atoms with Crippen LogP contribution in [0.25, 0.3) is 120 Å². The summed E-state index contributed by atoms with van der Waals surface area (Å²) in [6, 6.07) is 72.8. The highest BCUT2D eigenvalue weighted by Gasteiger charge is 2.23. The zero-order chi connectivity index (χ0) is 48.9. The first-order valence-electron chi connectivity index (χ1n) is 23.1. The van der Waals surface area contributed by atoms with E-state index in [1.54, 1.807) is 18.3 Å². The third-order valence-electron chi connectivity index (χ3n) is 13.4. The van der Waals surface area contributed by atoms with Gasteiger partial charge in [-0.2, -0.15) is 15.8 Å². The molecule has 0 aliphatic rings. The average Bonchev–Trinajstić information content (AvgIpc) is 3.96. The van der Waals surface area contributed by atoms with Gasteiger partial charge < -0.3 is 9.13 Å². The van der Waals surface area contributed by atoms with Crippen LogP contribution in [0.1, 0.15) is 16.7 Å². The van der Waals surface area contributed by atoms with Gasteiger partial charge in [0, 0.05) is 33.3 Å². The molecule has 12 rings (SSSR count). The van der Waals surface area contributed by atoms with Crippen LogP contribution in [0.2, 0.25) is 0 Å². The number of hydrogen-bond acceptors (Lipinski definition) is 4. The summed E-state index contributed by atoms with van der Waals surface area (Å²) in [7, 11) is 0. The Morgan fingerprint density at radius 2 is 0.750 bits per heavy atom. The summed E-state index contributed by atoms with van der Waals surface area (Å²) >= 11 is 0. The molecule has 3 aromatic heterocycles. The van der Waals surface area contributed by atoms with E-state index >= 15 is 0 Å². The van der Waals surface area contributed by atoms with E-state index < -0.39 is 0 Å². The van der Waals surface area contributed by atoms with E-state index in [1.807, 2.05) is 109 Å². The molecule has 8 heteroatoms. The Morgan fingerprint density at radius 3 is 1.18 bits per heavy atom. The van der Waals surface area contributed by atoms with Crippen molar-refractivity contribution in [1.82, 2.24) is 14.1 Å². The van der Waals surface area contributed by atoms with Gasteiger partial charge in [0.1, 0.15) is 0 Å². The molecule has 0 spiro atoms. The van der Waals surface area contributed by atoms with Gasteiger partial charge in [0.2, 0.25) is 0 Å². The number of hydrogen-bond donors (Lipinski definition) is 0. The highest BCUT2D eigenvalue weighted by molar-refractivity contribution is 6.14. The van der Waals surface area contributed by atoms with Gasteiger partial charge in [-0.15, -0.1) is 0 Å². The van der Waals surface area contributed by atoms with Gasteiger partial charge in [0.25, 0.3) is 0 Å². The molecule has 9 aromatic carbocycles. The van der Waals surface area contributed by atoms with Gasteiger partial charge in [-0.25, -0.2) is 9.69 Å². The maximum atomic E-state index is 10.5. The first kappa shape index (κ1) is 42.5. The van der Waals surface area contributed by atoms with Crippen LogP contribution in [0.3, 0.4) is 0 Å². The van der Waals surface area contributed by atoms with Crippen LogP contribution in [0, 0.1) is 47.1 Å². The Labute approximate surface area is 414 Å². The second-order valence-corrected chi connectivity index (χ2v) is 17.5. The Bertz CT molecular complexity index is 4250. The molecule has 12 aromatic rings. The van der Waals surface area contributed by atoms with Crippen LogP contribution in [-0.2, 0) is 0 Å². The van der Waals surface area contributed by atoms with E-state index in [4.69, 9.17) is 18.1 Å². The monoisotopic (exact) mass is 914 g/mol. The van der Waals surface area contributed by atoms with Crippen molar-refractivity contribution in [2.45, 2.75) is 0 Å². The molecule has 0 saturated heterocycles. The average molecular weight is 915 g/mol. The molecule has 72 heavy (non-hydrogen) atoms. The number of benzene rings is 9. The molecule has 0 unspecified atom stereocenters. The van der Waals surface area contributed by atoms with Crippen molar-refractivity contribution >= 4 is 55.0 Å². The van der Waals surface area contributed by atoms with Crippen LogP contribution in [0.4, 0.5) is 11.4 Å². The lowest BCUT2D eigenvalue weighted by Gasteiger charge is -2.18. The number of nitriles is 3. The summed E-state index contributed by atoms with van der Waals surface area (Å²) in [5, 5.41) is 34.1. The van der Waals surface area contributed by atoms with Gasteiger partial charge in [-0.3, -0.25) is 4.98 Å². The fraction of sp³-hybridized carbons (Fsp3) is 0. The maximum absolute atomic E-state index is 10.5. The first-order valence-corrected chi connectivity index (χ1v) is 23.1. The van der Waals surface area contributed by atoms with E-state index in [9.17, 15) is 15.8 Å². The van der Waals surface area contributed by atoms with Gasteiger partial charge in [0.05, 0.1) is 87.2 Å². The fourth-order valence-corrected chi connectivity index (χ4v) is 10.1. The van der Waals surface area contributed by atoms with Crippen molar-refractivity contribution < 1.29 is 0 Å². The molecule has 0 aliphatic carbocycles. The number of rotatable bonds is 7. The summed E-state index contributed by atoms with van der Waals surface area (Å²) in [4.78, 5) is 12.6. The Kier molecular flexibility index (Phi) is 10.3. The standard InChI is InChI=1S/C64H34N8/c1-68-51-14-5-12-45(31-51)49-20-23-58-53(35-49)54-36-50(46-13-6-15-52(32-46)69-2)21-24-59(54)71(58)62-22-17-42(39-67)30-57(62)64-63(16-7-27-70-64)72-60-25-18-47(43-10-3-8-40(28-43)37-65)33-55(60)56-34-48(19-26-61(56)72)44-11-4-9-41(29-44)38-66/h3-36H. The predicted molar refractivity (Wildman–Crippen MR) is 287 cm³/mol. The third kappa shape index (κ3) is 7.17. The van der Waals surface area contributed by atoms with E-state index in [0.29, 0.717) is 33.8 Å². The maximum Gasteiger partial charge on any atom is 0.187 e. The Morgan fingerprint density at radius 1 is 0.361 bits per heavy atom. The van der Waals surface area contributed by atoms with E-state index in [0.717, 1.165) is 105 Å². The molecule has 8 nitrogen and oxygen atoms in total. The predicted octanol–water partition coefficient (Wildman–Crippen LogP) is 16.3. The summed E-state index contributed by atoms with van der Waals surface area (Å²) in [5.41, 5.74) is 17.1.